The van der Waals surface area contributed by atoms with Crippen molar-refractivity contribution in [3.05, 3.63) is 94.8 Å². The predicted octanol–water partition coefficient (Wildman–Crippen LogP) is 4.75. The molecule has 5 heteroatoms. The molecule has 1 heterocycles. The molecule has 4 rings (SSSR count). The lowest BCUT2D eigenvalue weighted by atomic mass is 10.0. The second-order valence-corrected chi connectivity index (χ2v) is 6.46. The van der Waals surface area contributed by atoms with Crippen molar-refractivity contribution in [1.82, 2.24) is 0 Å². The average molecular weight is 386 g/mol. The fraction of sp³-hybridized carbons (Fsp3) is 0.0833. The van der Waals surface area contributed by atoms with Gasteiger partial charge in [0.25, 0.3) is 0 Å². The number of rotatable bonds is 5. The summed E-state index contributed by atoms with van der Waals surface area (Å²) in [7, 11) is 0. The molecule has 0 saturated carbocycles. The van der Waals surface area contributed by atoms with Crippen molar-refractivity contribution >= 4 is 16.9 Å². The topological polar surface area (TPSA) is 65.7 Å². The number of hydrogen-bond acceptors (Lipinski definition) is 5. The zero-order valence-electron chi connectivity index (χ0n) is 15.8. The molecule has 0 amide bonds. The smallest absolute Gasteiger partial charge is 0.349 e. The molecule has 0 unspecified atom stereocenters. The summed E-state index contributed by atoms with van der Waals surface area (Å²) in [5.41, 5.74) is 1.56. The molecular formula is C24H18O5. The Hall–Kier alpha value is -3.86. The van der Waals surface area contributed by atoms with E-state index in [2.05, 4.69) is 0 Å². The first-order valence-corrected chi connectivity index (χ1v) is 9.13. The van der Waals surface area contributed by atoms with E-state index >= 15 is 0 Å². The van der Waals surface area contributed by atoms with Gasteiger partial charge in [-0.05, 0) is 36.8 Å². The lowest BCUT2D eigenvalue weighted by Gasteiger charge is -2.09. The fourth-order valence-electron chi connectivity index (χ4n) is 3.11. The monoisotopic (exact) mass is 386 g/mol. The highest BCUT2D eigenvalue weighted by Gasteiger charge is 2.15. The van der Waals surface area contributed by atoms with Gasteiger partial charge in [-0.25, -0.2) is 4.79 Å². The molecule has 29 heavy (non-hydrogen) atoms. The first kappa shape index (κ1) is 18.5. The second-order valence-electron chi connectivity index (χ2n) is 6.46. The molecule has 144 valence electrons. The van der Waals surface area contributed by atoms with Crippen molar-refractivity contribution in [2.45, 2.75) is 6.92 Å². The predicted molar refractivity (Wildman–Crippen MR) is 110 cm³/mol. The minimum atomic E-state index is -0.548. The summed E-state index contributed by atoms with van der Waals surface area (Å²) in [6, 6.07) is 23.1. The Labute approximate surface area is 167 Å². The van der Waals surface area contributed by atoms with Crippen molar-refractivity contribution in [3.8, 4) is 22.6 Å². The van der Waals surface area contributed by atoms with Crippen LogP contribution < -0.4 is 14.9 Å². The van der Waals surface area contributed by atoms with Gasteiger partial charge in [0.05, 0.1) is 10.9 Å². The number of para-hydroxylation sites is 1. The molecule has 0 aliphatic rings. The Morgan fingerprint density at radius 3 is 2.31 bits per heavy atom. The van der Waals surface area contributed by atoms with Gasteiger partial charge in [0.1, 0.15) is 22.8 Å². The summed E-state index contributed by atoms with van der Waals surface area (Å²) >= 11 is 0. The number of benzene rings is 3. The zero-order chi connectivity index (χ0) is 20.2. The van der Waals surface area contributed by atoms with Crippen LogP contribution in [0, 0.1) is 6.92 Å². The summed E-state index contributed by atoms with van der Waals surface area (Å²) in [6.45, 7) is 1.52. The second kappa shape index (κ2) is 8.02. The van der Waals surface area contributed by atoms with Gasteiger partial charge in [0, 0.05) is 6.07 Å². The summed E-state index contributed by atoms with van der Waals surface area (Å²) in [5.74, 6) is 0.824. The summed E-state index contributed by atoms with van der Waals surface area (Å²) in [6.07, 6.45) is 0. The number of esters is 1. The first-order chi connectivity index (χ1) is 14.1. The van der Waals surface area contributed by atoms with E-state index in [0.29, 0.717) is 28.0 Å². The van der Waals surface area contributed by atoms with E-state index in [1.54, 1.807) is 37.3 Å². The van der Waals surface area contributed by atoms with Gasteiger partial charge in [-0.15, -0.1) is 0 Å². The molecule has 0 spiro atoms. The molecule has 0 radical (unpaired) electrons. The van der Waals surface area contributed by atoms with Gasteiger partial charge in [-0.2, -0.15) is 0 Å². The standard InChI is InChI=1S/C24H18O5/c1-16-23(17-8-4-2-5-9-17)24(26)20-13-12-19(14-21(20)28-16)29-22(25)15-27-18-10-6-3-7-11-18/h2-14H,15H2,1H3. The van der Waals surface area contributed by atoms with Gasteiger partial charge in [-0.1, -0.05) is 48.5 Å². The zero-order valence-corrected chi connectivity index (χ0v) is 15.8. The van der Waals surface area contributed by atoms with Crippen LogP contribution in [0.15, 0.2) is 88.1 Å². The molecule has 3 aromatic carbocycles. The van der Waals surface area contributed by atoms with Crippen LogP contribution in [0.4, 0.5) is 0 Å². The third-order valence-corrected chi connectivity index (χ3v) is 4.43. The SMILES string of the molecule is Cc1oc2cc(OC(=O)COc3ccccc3)ccc2c(=O)c1-c1ccccc1. The van der Waals surface area contributed by atoms with Gasteiger partial charge < -0.3 is 13.9 Å². The van der Waals surface area contributed by atoms with E-state index in [4.69, 9.17) is 13.9 Å². The van der Waals surface area contributed by atoms with Crippen LogP contribution in [0.2, 0.25) is 0 Å². The highest BCUT2D eigenvalue weighted by atomic mass is 16.6. The minimum absolute atomic E-state index is 0.125. The third-order valence-electron chi connectivity index (χ3n) is 4.43. The Balaban J connectivity index is 1.57. The van der Waals surface area contributed by atoms with Crippen molar-refractivity contribution in [2.24, 2.45) is 0 Å². The molecule has 5 nitrogen and oxygen atoms in total. The van der Waals surface area contributed by atoms with Crippen LogP contribution in [0.3, 0.4) is 0 Å². The lowest BCUT2D eigenvalue weighted by Crippen LogP contribution is -2.17. The number of aryl methyl sites for hydroxylation is 1. The van der Waals surface area contributed by atoms with Crippen molar-refractivity contribution in [3.63, 3.8) is 0 Å². The lowest BCUT2D eigenvalue weighted by molar-refractivity contribution is -0.136. The van der Waals surface area contributed by atoms with Crippen LogP contribution in [0.25, 0.3) is 22.1 Å². The molecule has 0 N–H and O–H groups in total. The normalized spacial score (nSPS) is 10.7. The molecule has 0 atom stereocenters. The van der Waals surface area contributed by atoms with E-state index in [1.165, 1.54) is 0 Å². The molecule has 0 aliphatic carbocycles. The quantitative estimate of drug-likeness (QED) is 0.366. The molecule has 0 saturated heterocycles. The maximum Gasteiger partial charge on any atom is 0.349 e. The Kier molecular flexibility index (Phi) is 5.12. The molecule has 4 aromatic rings. The van der Waals surface area contributed by atoms with Gasteiger partial charge in [0.2, 0.25) is 5.43 Å². The summed E-state index contributed by atoms with van der Waals surface area (Å²) in [4.78, 5) is 25.0. The van der Waals surface area contributed by atoms with Crippen molar-refractivity contribution in [1.29, 1.82) is 0 Å². The number of ether oxygens (including phenoxy) is 2. The van der Waals surface area contributed by atoms with Gasteiger partial charge in [-0.3, -0.25) is 4.79 Å². The van der Waals surface area contributed by atoms with Gasteiger partial charge >= 0.3 is 5.97 Å². The first-order valence-electron chi connectivity index (χ1n) is 9.13. The molecule has 0 fully saturated rings. The number of carbonyl (C=O) groups is 1. The number of fused-ring (bicyclic) bond motifs is 1. The van der Waals surface area contributed by atoms with Crippen molar-refractivity contribution in [2.75, 3.05) is 6.61 Å². The molecule has 1 aromatic heterocycles. The van der Waals surface area contributed by atoms with E-state index < -0.39 is 5.97 Å². The highest BCUT2D eigenvalue weighted by molar-refractivity contribution is 5.84. The van der Waals surface area contributed by atoms with Crippen LogP contribution in [0.1, 0.15) is 5.76 Å². The van der Waals surface area contributed by atoms with Crippen LogP contribution >= 0.6 is 0 Å². The highest BCUT2D eigenvalue weighted by Crippen LogP contribution is 2.26. The number of carbonyl (C=O) groups excluding carboxylic acids is 1. The number of hydrogen-bond donors (Lipinski definition) is 0. The minimum Gasteiger partial charge on any atom is -0.482 e. The Morgan fingerprint density at radius 2 is 1.59 bits per heavy atom. The fourth-order valence-corrected chi connectivity index (χ4v) is 3.11. The van der Waals surface area contributed by atoms with E-state index in [-0.39, 0.29) is 17.8 Å². The largest absolute Gasteiger partial charge is 0.482 e. The molecule has 0 aliphatic heterocycles. The third kappa shape index (κ3) is 4.04. The average Bonchev–Trinajstić information content (AvgIpc) is 2.73. The maximum absolute atomic E-state index is 13.0. The van der Waals surface area contributed by atoms with Gasteiger partial charge in [0.15, 0.2) is 6.61 Å². The van der Waals surface area contributed by atoms with Crippen LogP contribution in [-0.2, 0) is 4.79 Å². The summed E-state index contributed by atoms with van der Waals surface area (Å²) in [5, 5.41) is 0.426. The molecular weight excluding hydrogens is 368 g/mol. The van der Waals surface area contributed by atoms with Crippen LogP contribution in [0.5, 0.6) is 11.5 Å². The Morgan fingerprint density at radius 1 is 0.897 bits per heavy atom. The molecule has 0 bridgehead atoms. The maximum atomic E-state index is 13.0. The van der Waals surface area contributed by atoms with E-state index in [0.717, 1.165) is 5.56 Å². The van der Waals surface area contributed by atoms with Crippen LogP contribution in [-0.4, -0.2) is 12.6 Å². The van der Waals surface area contributed by atoms with Crippen molar-refractivity contribution < 1.29 is 18.7 Å². The van der Waals surface area contributed by atoms with E-state index in [1.807, 2.05) is 48.5 Å². The Bertz CT molecular complexity index is 1210. The van der Waals surface area contributed by atoms with E-state index in [9.17, 15) is 9.59 Å². The summed E-state index contributed by atoms with van der Waals surface area (Å²) < 4.78 is 16.6.